The summed E-state index contributed by atoms with van der Waals surface area (Å²) < 4.78 is 0. The van der Waals surface area contributed by atoms with Crippen molar-refractivity contribution in [1.82, 2.24) is 5.01 Å². The van der Waals surface area contributed by atoms with Crippen LogP contribution in [0.2, 0.25) is 5.02 Å². The number of nitrogens with one attached hydrogen (secondary N) is 1. The van der Waals surface area contributed by atoms with Gasteiger partial charge in [-0.1, -0.05) is 114 Å². The first kappa shape index (κ1) is 33.1. The molecule has 0 aromatic heterocycles. The molecule has 2 saturated heterocycles. The molecule has 5 aromatic carbocycles. The number of amides is 4. The number of benzene rings is 5. The number of carbonyl (C=O) groups is 4. The lowest BCUT2D eigenvalue weighted by Crippen LogP contribution is -2.53. The zero-order valence-electron chi connectivity index (χ0n) is 29.1. The van der Waals surface area contributed by atoms with Crippen molar-refractivity contribution in [2.75, 3.05) is 10.3 Å². The van der Waals surface area contributed by atoms with Crippen LogP contribution in [0.5, 0.6) is 5.75 Å². The number of anilines is 2. The van der Waals surface area contributed by atoms with E-state index in [0.717, 1.165) is 27.1 Å². The highest BCUT2D eigenvalue weighted by Crippen LogP contribution is 2.65. The van der Waals surface area contributed by atoms with Gasteiger partial charge in [0.1, 0.15) is 5.75 Å². The molecule has 0 radical (unpaired) electrons. The maximum atomic E-state index is 15.4. The summed E-state index contributed by atoms with van der Waals surface area (Å²) in [5.41, 5.74) is 6.38. The van der Waals surface area contributed by atoms with Gasteiger partial charge in [-0.3, -0.25) is 24.6 Å². The molecule has 8 nitrogen and oxygen atoms in total. The quantitative estimate of drug-likeness (QED) is 0.141. The molecule has 264 valence electrons. The molecule has 2 aliphatic carbocycles. The Kier molecular flexibility index (Phi) is 7.61. The van der Waals surface area contributed by atoms with Crippen LogP contribution in [0.25, 0.3) is 10.8 Å². The molecule has 0 spiro atoms. The van der Waals surface area contributed by atoms with Gasteiger partial charge in [-0.15, -0.1) is 0 Å². The summed E-state index contributed by atoms with van der Waals surface area (Å²) >= 11 is 6.47. The number of allylic oxidation sites excluding steroid dienone is 2. The molecule has 4 aliphatic rings. The molecule has 6 atom stereocenters. The summed E-state index contributed by atoms with van der Waals surface area (Å²) in [7, 11) is 0. The second-order valence-electron chi connectivity index (χ2n) is 14.8. The molecule has 3 fully saturated rings. The first-order valence-corrected chi connectivity index (χ1v) is 18.3. The Hall–Kier alpha value is -5.73. The number of phenolic OH excluding ortho intramolecular Hbond substituents is 1. The molecule has 2 aliphatic heterocycles. The lowest BCUT2D eigenvalue weighted by Gasteiger charge is -2.50. The molecule has 2 heterocycles. The molecular weight excluding hydrogens is 686 g/mol. The molecule has 5 aromatic rings. The van der Waals surface area contributed by atoms with Crippen molar-refractivity contribution in [3.63, 3.8) is 0 Å². The fourth-order valence-corrected chi connectivity index (χ4v) is 9.75. The standard InChI is InChI=1S/C44H36ClN3O5/c1-24-12-16-28(17-13-24)46-48-41(51)35-23-34-31(20-21-32-37(34)42(52)47(40(32)50)29-18-14-25(2)36(45)22-29)38(44(35,43(48)53)27-9-4-3-5-10-27)33-19-15-26-8-6-7-11-30(26)39(33)49/h3-20,22,32,34-35,37-38,46,49H,21,23H2,1-2H3/t32-,34+,35-,37-,38+,44+/m0/s1. The highest BCUT2D eigenvalue weighted by molar-refractivity contribution is 6.32. The molecule has 2 N–H and O–H groups in total. The molecule has 9 heteroatoms. The average molecular weight is 722 g/mol. The SMILES string of the molecule is Cc1ccc(NN2C(=O)[C@@H]3C[C@@H]4C(=CC[C@@H]5C(=O)N(c6ccc(C)c(Cl)c6)C(=O)[C@@H]54)[C@H](c4ccc5ccccc5c4O)[C@]3(c3ccccc3)C2=O)cc1. The number of aryl methyl sites for hydroxylation is 2. The fraction of sp³-hybridized carbons (Fsp3) is 0.227. The van der Waals surface area contributed by atoms with E-state index in [2.05, 4.69) is 5.43 Å². The van der Waals surface area contributed by atoms with E-state index in [-0.39, 0.29) is 30.4 Å². The highest BCUT2D eigenvalue weighted by Gasteiger charge is 2.70. The lowest BCUT2D eigenvalue weighted by atomic mass is 9.49. The maximum absolute atomic E-state index is 15.4. The van der Waals surface area contributed by atoms with Gasteiger partial charge in [-0.05, 0) is 73.4 Å². The molecule has 4 amide bonds. The van der Waals surface area contributed by atoms with E-state index in [1.807, 2.05) is 111 Å². The number of fused-ring (bicyclic) bond motifs is 5. The van der Waals surface area contributed by atoms with Crippen molar-refractivity contribution in [3.05, 3.63) is 148 Å². The first-order valence-electron chi connectivity index (χ1n) is 17.9. The predicted octanol–water partition coefficient (Wildman–Crippen LogP) is 8.01. The van der Waals surface area contributed by atoms with Gasteiger partial charge in [0.15, 0.2) is 0 Å². The molecule has 53 heavy (non-hydrogen) atoms. The van der Waals surface area contributed by atoms with E-state index in [9.17, 15) is 19.5 Å². The Labute approximate surface area is 311 Å². The fourth-order valence-electron chi connectivity index (χ4n) is 9.57. The van der Waals surface area contributed by atoms with Crippen LogP contribution >= 0.6 is 11.6 Å². The topological polar surface area (TPSA) is 107 Å². The van der Waals surface area contributed by atoms with Crippen LogP contribution in [0.15, 0.2) is 121 Å². The van der Waals surface area contributed by atoms with Crippen LogP contribution in [-0.2, 0) is 24.6 Å². The van der Waals surface area contributed by atoms with Gasteiger partial charge >= 0.3 is 0 Å². The molecule has 9 rings (SSSR count). The number of hydrogen-bond acceptors (Lipinski definition) is 6. The Morgan fingerprint density at radius 2 is 1.53 bits per heavy atom. The summed E-state index contributed by atoms with van der Waals surface area (Å²) in [5.74, 6) is -5.28. The van der Waals surface area contributed by atoms with Gasteiger partial charge in [0.25, 0.3) is 11.8 Å². The second-order valence-corrected chi connectivity index (χ2v) is 15.2. The van der Waals surface area contributed by atoms with Gasteiger partial charge in [-0.25, -0.2) is 4.90 Å². The number of hydrogen-bond donors (Lipinski definition) is 2. The monoisotopic (exact) mass is 721 g/mol. The Morgan fingerprint density at radius 3 is 2.28 bits per heavy atom. The van der Waals surface area contributed by atoms with Crippen molar-refractivity contribution in [1.29, 1.82) is 0 Å². The predicted molar refractivity (Wildman–Crippen MR) is 203 cm³/mol. The second kappa shape index (κ2) is 12.2. The summed E-state index contributed by atoms with van der Waals surface area (Å²) in [6.45, 7) is 3.82. The number of phenols is 1. The van der Waals surface area contributed by atoms with Crippen molar-refractivity contribution in [2.45, 2.75) is 38.0 Å². The largest absolute Gasteiger partial charge is 0.507 e. The number of aromatic hydroxyl groups is 1. The van der Waals surface area contributed by atoms with E-state index in [1.54, 1.807) is 18.2 Å². The van der Waals surface area contributed by atoms with Gasteiger partial charge < -0.3 is 5.11 Å². The number of nitrogens with zero attached hydrogens (tertiary/aromatic N) is 2. The van der Waals surface area contributed by atoms with Crippen LogP contribution in [0.3, 0.4) is 0 Å². The molecule has 0 unspecified atom stereocenters. The van der Waals surface area contributed by atoms with Crippen LogP contribution in [0, 0.1) is 37.5 Å². The lowest BCUT2D eigenvalue weighted by molar-refractivity contribution is -0.138. The minimum absolute atomic E-state index is 0.0146. The maximum Gasteiger partial charge on any atom is 0.260 e. The van der Waals surface area contributed by atoms with Gasteiger partial charge in [-0.2, -0.15) is 5.01 Å². The first-order chi connectivity index (χ1) is 25.6. The molecule has 0 bridgehead atoms. The normalized spacial score (nSPS) is 26.4. The number of halogens is 1. The smallest absolute Gasteiger partial charge is 0.260 e. The summed E-state index contributed by atoms with van der Waals surface area (Å²) in [4.78, 5) is 60.3. The third-order valence-electron chi connectivity index (χ3n) is 12.0. The minimum Gasteiger partial charge on any atom is -0.507 e. The van der Waals surface area contributed by atoms with Gasteiger partial charge in [0, 0.05) is 21.9 Å². The van der Waals surface area contributed by atoms with E-state index in [4.69, 9.17) is 11.6 Å². The van der Waals surface area contributed by atoms with Crippen molar-refractivity contribution < 1.29 is 24.3 Å². The van der Waals surface area contributed by atoms with Crippen LogP contribution in [0.1, 0.15) is 41.0 Å². The molecule has 1 saturated carbocycles. The third kappa shape index (κ3) is 4.74. The average Bonchev–Trinajstić information content (AvgIpc) is 3.55. The third-order valence-corrected chi connectivity index (χ3v) is 12.5. The van der Waals surface area contributed by atoms with E-state index < -0.39 is 46.8 Å². The minimum atomic E-state index is -1.49. The van der Waals surface area contributed by atoms with Crippen molar-refractivity contribution in [2.24, 2.45) is 23.7 Å². The van der Waals surface area contributed by atoms with Crippen molar-refractivity contribution >= 4 is 57.4 Å². The van der Waals surface area contributed by atoms with Gasteiger partial charge in [0.2, 0.25) is 11.8 Å². The van der Waals surface area contributed by atoms with Crippen LogP contribution in [0.4, 0.5) is 11.4 Å². The van der Waals surface area contributed by atoms with Crippen molar-refractivity contribution in [3.8, 4) is 5.75 Å². The Bertz CT molecular complexity index is 2410. The number of imide groups is 2. The zero-order chi connectivity index (χ0) is 36.8. The zero-order valence-corrected chi connectivity index (χ0v) is 29.9. The Balaban J connectivity index is 1.26. The van der Waals surface area contributed by atoms with E-state index >= 15 is 4.79 Å². The van der Waals surface area contributed by atoms with Crippen LogP contribution in [-0.4, -0.2) is 33.7 Å². The number of carbonyl (C=O) groups excluding carboxylic acids is 4. The van der Waals surface area contributed by atoms with E-state index in [1.165, 1.54) is 4.90 Å². The Morgan fingerprint density at radius 1 is 0.792 bits per heavy atom. The number of rotatable bonds is 5. The summed E-state index contributed by atoms with van der Waals surface area (Å²) in [5, 5.41) is 15.2. The number of hydrazine groups is 1. The summed E-state index contributed by atoms with van der Waals surface area (Å²) in [6, 6.07) is 33.2. The molecular formula is C44H36ClN3O5. The summed E-state index contributed by atoms with van der Waals surface area (Å²) in [6.07, 6.45) is 2.42. The van der Waals surface area contributed by atoms with Gasteiger partial charge in [0.05, 0.1) is 34.5 Å². The van der Waals surface area contributed by atoms with E-state index in [0.29, 0.717) is 32.9 Å². The van der Waals surface area contributed by atoms with Crippen LogP contribution < -0.4 is 10.3 Å². The highest BCUT2D eigenvalue weighted by atomic mass is 35.5.